The number of aromatic nitrogens is 6. The van der Waals surface area contributed by atoms with Crippen LogP contribution in [0, 0.1) is 0 Å². The highest BCUT2D eigenvalue weighted by molar-refractivity contribution is 6.11. The minimum absolute atomic E-state index is 0.216. The van der Waals surface area contributed by atoms with Gasteiger partial charge in [0.05, 0.1) is 35.2 Å². The summed E-state index contributed by atoms with van der Waals surface area (Å²) in [5, 5.41) is 21.6. The van der Waals surface area contributed by atoms with Gasteiger partial charge in [-0.25, -0.2) is 0 Å². The number of hydrogen-bond donors (Lipinski definition) is 3. The SMILES string of the molecule is CN(C)CCC(c1cccc(C(F)(F)F)c1)n1cc(NC(=O)c2n[nH]c3cc(-c4cn[nH]c4)ccc23)cn1. The molecule has 0 saturated carbocycles. The van der Waals surface area contributed by atoms with Crippen LogP contribution in [0.15, 0.2) is 67.3 Å². The minimum Gasteiger partial charge on any atom is -0.318 e. The van der Waals surface area contributed by atoms with E-state index in [0.717, 1.165) is 23.3 Å². The number of nitrogens with one attached hydrogen (secondary N) is 3. The van der Waals surface area contributed by atoms with Crippen molar-refractivity contribution in [2.45, 2.75) is 18.6 Å². The van der Waals surface area contributed by atoms with Crippen LogP contribution >= 0.6 is 0 Å². The lowest BCUT2D eigenvalue weighted by molar-refractivity contribution is -0.137. The topological polar surface area (TPSA) is 108 Å². The Morgan fingerprint density at radius 3 is 2.71 bits per heavy atom. The first-order chi connectivity index (χ1) is 18.2. The van der Waals surface area contributed by atoms with Crippen molar-refractivity contribution < 1.29 is 18.0 Å². The zero-order valence-electron chi connectivity index (χ0n) is 20.6. The smallest absolute Gasteiger partial charge is 0.318 e. The largest absolute Gasteiger partial charge is 0.416 e. The molecule has 1 atom stereocenters. The van der Waals surface area contributed by atoms with Crippen molar-refractivity contribution in [1.29, 1.82) is 0 Å². The number of anilines is 1. The van der Waals surface area contributed by atoms with E-state index in [0.29, 0.717) is 35.1 Å². The lowest BCUT2D eigenvalue weighted by Crippen LogP contribution is -2.20. The predicted octanol–water partition coefficient (Wildman–Crippen LogP) is 4.96. The standard InChI is InChI=1S/C26H25F3N8O/c1-36(2)9-8-23(17-4-3-5-19(10-17)26(27,28)29)37-15-20(14-32-37)33-25(38)24-21-7-6-16(11-22(21)34-35-24)18-12-30-31-13-18/h3-7,10-15,23H,8-9H2,1-2H3,(H,30,31)(H,33,38)(H,34,35). The number of amides is 1. The van der Waals surface area contributed by atoms with Crippen LogP contribution in [-0.4, -0.2) is 61.6 Å². The maximum atomic E-state index is 13.3. The van der Waals surface area contributed by atoms with Gasteiger partial charge in [0.2, 0.25) is 0 Å². The molecule has 0 aliphatic carbocycles. The first-order valence-electron chi connectivity index (χ1n) is 11.8. The van der Waals surface area contributed by atoms with Gasteiger partial charge in [0.1, 0.15) is 0 Å². The van der Waals surface area contributed by atoms with Crippen molar-refractivity contribution >= 4 is 22.5 Å². The lowest BCUT2D eigenvalue weighted by atomic mass is 10.0. The quantitative estimate of drug-likeness (QED) is 0.267. The molecule has 0 aliphatic rings. The summed E-state index contributed by atoms with van der Waals surface area (Å²) in [6, 6.07) is 10.4. The molecule has 38 heavy (non-hydrogen) atoms. The van der Waals surface area contributed by atoms with Crippen LogP contribution in [0.3, 0.4) is 0 Å². The molecule has 0 fully saturated rings. The fourth-order valence-electron chi connectivity index (χ4n) is 4.30. The van der Waals surface area contributed by atoms with Gasteiger partial charge >= 0.3 is 6.18 Å². The van der Waals surface area contributed by atoms with E-state index in [1.165, 1.54) is 12.3 Å². The number of fused-ring (bicyclic) bond motifs is 1. The van der Waals surface area contributed by atoms with Crippen LogP contribution in [0.25, 0.3) is 22.0 Å². The Balaban J connectivity index is 1.38. The zero-order chi connectivity index (χ0) is 26.9. The van der Waals surface area contributed by atoms with Crippen LogP contribution in [0.1, 0.15) is 34.1 Å². The van der Waals surface area contributed by atoms with Gasteiger partial charge in [-0.05, 0) is 62.5 Å². The number of hydrogen-bond acceptors (Lipinski definition) is 5. The third kappa shape index (κ3) is 5.30. The van der Waals surface area contributed by atoms with E-state index in [-0.39, 0.29) is 5.69 Å². The molecule has 3 heterocycles. The fourth-order valence-corrected chi connectivity index (χ4v) is 4.30. The van der Waals surface area contributed by atoms with E-state index in [1.807, 2.05) is 37.2 Å². The zero-order valence-corrected chi connectivity index (χ0v) is 20.6. The van der Waals surface area contributed by atoms with Gasteiger partial charge in [0.15, 0.2) is 5.69 Å². The number of halogens is 3. The summed E-state index contributed by atoms with van der Waals surface area (Å²) in [5.74, 6) is -0.434. The summed E-state index contributed by atoms with van der Waals surface area (Å²) in [7, 11) is 3.79. The molecule has 9 nitrogen and oxygen atoms in total. The number of carbonyl (C=O) groups is 1. The Morgan fingerprint density at radius 1 is 1.13 bits per heavy atom. The molecule has 5 rings (SSSR count). The van der Waals surface area contributed by atoms with Crippen molar-refractivity contribution in [3.8, 4) is 11.1 Å². The van der Waals surface area contributed by atoms with Crippen LogP contribution in [0.2, 0.25) is 0 Å². The molecule has 0 aliphatic heterocycles. The fraction of sp³-hybridized carbons (Fsp3) is 0.231. The third-order valence-electron chi connectivity index (χ3n) is 6.24. The number of benzene rings is 2. The normalized spacial score (nSPS) is 12.8. The number of nitrogens with zero attached hydrogens (tertiary/aromatic N) is 5. The van der Waals surface area contributed by atoms with Crippen LogP contribution in [-0.2, 0) is 6.18 Å². The highest BCUT2D eigenvalue weighted by Crippen LogP contribution is 2.33. The molecular formula is C26H25F3N8O. The molecule has 3 aromatic heterocycles. The molecule has 1 amide bonds. The van der Waals surface area contributed by atoms with E-state index in [1.54, 1.807) is 29.3 Å². The summed E-state index contributed by atoms with van der Waals surface area (Å²) in [6.07, 6.45) is 2.63. The molecule has 5 aromatic rings. The summed E-state index contributed by atoms with van der Waals surface area (Å²) in [5.41, 5.74) is 2.90. The Morgan fingerprint density at radius 2 is 1.97 bits per heavy atom. The Labute approximate surface area is 215 Å². The highest BCUT2D eigenvalue weighted by atomic mass is 19.4. The van der Waals surface area contributed by atoms with E-state index in [2.05, 4.69) is 30.8 Å². The maximum absolute atomic E-state index is 13.3. The molecule has 196 valence electrons. The van der Waals surface area contributed by atoms with Crippen molar-refractivity contribution in [3.05, 3.63) is 84.1 Å². The first-order valence-corrected chi connectivity index (χ1v) is 11.8. The van der Waals surface area contributed by atoms with Gasteiger partial charge in [-0.1, -0.05) is 18.2 Å². The van der Waals surface area contributed by atoms with Crippen molar-refractivity contribution in [2.75, 3.05) is 26.0 Å². The Bertz CT molecular complexity index is 1550. The number of H-pyrrole nitrogens is 2. The lowest BCUT2D eigenvalue weighted by Gasteiger charge is -2.21. The van der Waals surface area contributed by atoms with Gasteiger partial charge in [-0.2, -0.15) is 28.5 Å². The van der Waals surface area contributed by atoms with Crippen LogP contribution < -0.4 is 5.32 Å². The first kappa shape index (κ1) is 25.2. The van der Waals surface area contributed by atoms with Gasteiger partial charge < -0.3 is 10.2 Å². The highest BCUT2D eigenvalue weighted by Gasteiger charge is 2.31. The van der Waals surface area contributed by atoms with Gasteiger partial charge in [-0.3, -0.25) is 19.7 Å². The van der Waals surface area contributed by atoms with E-state index >= 15 is 0 Å². The average molecular weight is 523 g/mol. The summed E-state index contributed by atoms with van der Waals surface area (Å²) >= 11 is 0. The molecule has 0 saturated heterocycles. The second kappa shape index (κ2) is 10.1. The summed E-state index contributed by atoms with van der Waals surface area (Å²) < 4.78 is 41.6. The Kier molecular flexibility index (Phi) is 6.72. The molecular weight excluding hydrogens is 497 g/mol. The van der Waals surface area contributed by atoms with Crippen LogP contribution in [0.5, 0.6) is 0 Å². The number of carbonyl (C=O) groups excluding carboxylic acids is 1. The molecule has 3 N–H and O–H groups in total. The third-order valence-corrected chi connectivity index (χ3v) is 6.24. The van der Waals surface area contributed by atoms with Gasteiger partial charge in [0.25, 0.3) is 5.91 Å². The number of aromatic amines is 2. The van der Waals surface area contributed by atoms with E-state index < -0.39 is 23.7 Å². The minimum atomic E-state index is -4.45. The molecule has 0 spiro atoms. The van der Waals surface area contributed by atoms with Gasteiger partial charge in [-0.15, -0.1) is 0 Å². The number of alkyl halides is 3. The van der Waals surface area contributed by atoms with Crippen molar-refractivity contribution in [3.63, 3.8) is 0 Å². The summed E-state index contributed by atoms with van der Waals surface area (Å²) in [4.78, 5) is 15.0. The number of rotatable bonds is 8. The molecule has 0 bridgehead atoms. The Hall–Kier alpha value is -4.45. The van der Waals surface area contributed by atoms with E-state index in [4.69, 9.17) is 0 Å². The maximum Gasteiger partial charge on any atom is 0.416 e. The second-order valence-corrected chi connectivity index (χ2v) is 9.21. The van der Waals surface area contributed by atoms with Crippen molar-refractivity contribution in [2.24, 2.45) is 0 Å². The summed E-state index contributed by atoms with van der Waals surface area (Å²) in [6.45, 7) is 0.628. The van der Waals surface area contributed by atoms with Crippen molar-refractivity contribution in [1.82, 2.24) is 35.1 Å². The molecule has 1 unspecified atom stereocenters. The molecule has 12 heteroatoms. The predicted molar refractivity (Wildman–Crippen MR) is 137 cm³/mol. The average Bonchev–Trinajstić information content (AvgIpc) is 3.64. The van der Waals surface area contributed by atoms with E-state index in [9.17, 15) is 18.0 Å². The van der Waals surface area contributed by atoms with Crippen LogP contribution in [0.4, 0.5) is 18.9 Å². The molecule has 0 radical (unpaired) electrons. The second-order valence-electron chi connectivity index (χ2n) is 9.21. The monoisotopic (exact) mass is 522 g/mol. The van der Waals surface area contributed by atoms with Gasteiger partial charge in [0, 0.05) is 23.3 Å². The molecule has 2 aromatic carbocycles.